The first-order valence-electron chi connectivity index (χ1n) is 11.1. The van der Waals surface area contributed by atoms with Crippen molar-refractivity contribution in [2.24, 2.45) is 0 Å². The monoisotopic (exact) mass is 469 g/mol. The Kier molecular flexibility index (Phi) is 5.52. The molecule has 0 radical (unpaired) electrons. The standard InChI is InChI=1S/C26H23N5O4/c1-15(2)31-14-27-29-24(31)21-5-4-6-23(28-21)30-13-18-8-7-16(11-20(18)25(30)32)19-12-17(26(33)34)9-10-22(19)35-3/h4-12,14-15H,13H2,1-3H3,(H,33,34). The molecule has 0 atom stereocenters. The third-order valence-electron chi connectivity index (χ3n) is 6.04. The number of anilines is 1. The van der Waals surface area contributed by atoms with Crippen molar-refractivity contribution in [3.8, 4) is 28.4 Å². The molecule has 0 spiro atoms. The first kappa shape index (κ1) is 22.3. The van der Waals surface area contributed by atoms with Crippen LogP contribution in [0.5, 0.6) is 5.75 Å². The number of carboxylic acid groups (broad SMARTS) is 1. The van der Waals surface area contributed by atoms with Crippen molar-refractivity contribution in [1.29, 1.82) is 0 Å². The summed E-state index contributed by atoms with van der Waals surface area (Å²) >= 11 is 0. The molecule has 9 heteroatoms. The number of aromatic carboxylic acids is 1. The van der Waals surface area contributed by atoms with Gasteiger partial charge in [0.05, 0.1) is 19.2 Å². The zero-order valence-corrected chi connectivity index (χ0v) is 19.5. The van der Waals surface area contributed by atoms with Gasteiger partial charge in [-0.1, -0.05) is 18.2 Å². The fourth-order valence-corrected chi connectivity index (χ4v) is 4.22. The Labute approximate surface area is 201 Å². The first-order chi connectivity index (χ1) is 16.9. The number of carbonyl (C=O) groups is 2. The molecule has 4 aromatic rings. The molecule has 9 nitrogen and oxygen atoms in total. The number of ether oxygens (including phenoxy) is 1. The van der Waals surface area contributed by atoms with Gasteiger partial charge in [0.15, 0.2) is 5.82 Å². The largest absolute Gasteiger partial charge is 0.496 e. The van der Waals surface area contributed by atoms with Crippen molar-refractivity contribution in [2.45, 2.75) is 26.4 Å². The van der Waals surface area contributed by atoms with Crippen molar-refractivity contribution < 1.29 is 19.4 Å². The topological polar surface area (TPSA) is 110 Å². The molecule has 0 unspecified atom stereocenters. The van der Waals surface area contributed by atoms with E-state index in [1.165, 1.54) is 13.2 Å². The van der Waals surface area contributed by atoms with E-state index in [9.17, 15) is 14.7 Å². The third kappa shape index (κ3) is 3.90. The molecule has 2 aromatic carbocycles. The van der Waals surface area contributed by atoms with Gasteiger partial charge in [-0.2, -0.15) is 0 Å². The summed E-state index contributed by atoms with van der Waals surface area (Å²) in [5.41, 5.74) is 3.49. The molecule has 1 aliphatic heterocycles. The highest BCUT2D eigenvalue weighted by Crippen LogP contribution is 2.35. The predicted octanol–water partition coefficient (Wildman–Crippen LogP) is 4.46. The molecule has 0 saturated carbocycles. The second kappa shape index (κ2) is 8.68. The molecule has 1 N–H and O–H groups in total. The molecule has 176 valence electrons. The van der Waals surface area contributed by atoms with Crippen molar-refractivity contribution in [1.82, 2.24) is 19.7 Å². The second-order valence-electron chi connectivity index (χ2n) is 8.52. The normalized spacial score (nSPS) is 12.8. The Balaban J connectivity index is 1.50. The van der Waals surface area contributed by atoms with Crippen LogP contribution in [0.15, 0.2) is 60.9 Å². The van der Waals surface area contributed by atoms with Gasteiger partial charge in [-0.25, -0.2) is 9.78 Å². The Morgan fingerprint density at radius 1 is 1.09 bits per heavy atom. The summed E-state index contributed by atoms with van der Waals surface area (Å²) in [5, 5.41) is 17.6. The van der Waals surface area contributed by atoms with Gasteiger partial charge in [-0.3, -0.25) is 9.69 Å². The van der Waals surface area contributed by atoms with E-state index in [0.717, 1.165) is 5.56 Å². The number of amides is 1. The van der Waals surface area contributed by atoms with Gasteiger partial charge in [-0.05, 0) is 61.4 Å². The summed E-state index contributed by atoms with van der Waals surface area (Å²) < 4.78 is 7.36. The van der Waals surface area contributed by atoms with E-state index in [2.05, 4.69) is 10.2 Å². The van der Waals surface area contributed by atoms with Crippen molar-refractivity contribution in [3.63, 3.8) is 0 Å². The van der Waals surface area contributed by atoms with E-state index in [0.29, 0.717) is 46.3 Å². The average molecular weight is 470 g/mol. The Bertz CT molecular complexity index is 1460. The van der Waals surface area contributed by atoms with Crippen LogP contribution >= 0.6 is 0 Å². The van der Waals surface area contributed by atoms with Crippen LogP contribution < -0.4 is 9.64 Å². The molecular formula is C26H23N5O4. The van der Waals surface area contributed by atoms with E-state index in [4.69, 9.17) is 9.72 Å². The fourth-order valence-electron chi connectivity index (χ4n) is 4.22. The van der Waals surface area contributed by atoms with Gasteiger partial charge in [-0.15, -0.1) is 10.2 Å². The predicted molar refractivity (Wildman–Crippen MR) is 130 cm³/mol. The van der Waals surface area contributed by atoms with Crippen LogP contribution in [0.1, 0.15) is 46.2 Å². The van der Waals surface area contributed by atoms with Crippen LogP contribution in [0.2, 0.25) is 0 Å². The second-order valence-corrected chi connectivity index (χ2v) is 8.52. The molecule has 0 bridgehead atoms. The minimum Gasteiger partial charge on any atom is -0.496 e. The zero-order chi connectivity index (χ0) is 24.7. The molecule has 2 aromatic heterocycles. The Morgan fingerprint density at radius 2 is 1.91 bits per heavy atom. The maximum atomic E-state index is 13.4. The number of fused-ring (bicyclic) bond motifs is 1. The van der Waals surface area contributed by atoms with Gasteiger partial charge in [0.2, 0.25) is 0 Å². The SMILES string of the molecule is COc1ccc(C(=O)O)cc1-c1ccc2c(c1)C(=O)N(c1cccc(-c3nncn3C(C)C)n1)C2. The van der Waals surface area contributed by atoms with Crippen LogP contribution in [0, 0.1) is 0 Å². The summed E-state index contributed by atoms with van der Waals surface area (Å²) in [5.74, 6) is 0.482. The minimum absolute atomic E-state index is 0.143. The van der Waals surface area contributed by atoms with Gasteiger partial charge in [0.1, 0.15) is 23.6 Å². The van der Waals surface area contributed by atoms with Crippen LogP contribution in [0.3, 0.4) is 0 Å². The number of carboxylic acids is 1. The smallest absolute Gasteiger partial charge is 0.335 e. The van der Waals surface area contributed by atoms with Gasteiger partial charge in [0.25, 0.3) is 5.91 Å². The lowest BCUT2D eigenvalue weighted by atomic mass is 9.98. The zero-order valence-electron chi connectivity index (χ0n) is 19.5. The highest BCUT2D eigenvalue weighted by molar-refractivity contribution is 6.10. The molecule has 1 aliphatic rings. The van der Waals surface area contributed by atoms with E-state index in [1.54, 1.807) is 35.5 Å². The maximum absolute atomic E-state index is 13.4. The molecule has 3 heterocycles. The molecule has 35 heavy (non-hydrogen) atoms. The van der Waals surface area contributed by atoms with Crippen molar-refractivity contribution in [3.05, 3.63) is 77.6 Å². The lowest BCUT2D eigenvalue weighted by Gasteiger charge is -2.16. The number of rotatable bonds is 6. The summed E-state index contributed by atoms with van der Waals surface area (Å²) in [4.78, 5) is 31.2. The van der Waals surface area contributed by atoms with E-state index in [1.807, 2.05) is 42.7 Å². The van der Waals surface area contributed by atoms with Gasteiger partial charge < -0.3 is 14.4 Å². The van der Waals surface area contributed by atoms with E-state index in [-0.39, 0.29) is 17.5 Å². The maximum Gasteiger partial charge on any atom is 0.335 e. The average Bonchev–Trinajstić information content (AvgIpc) is 3.49. The number of pyridine rings is 1. The van der Waals surface area contributed by atoms with Crippen molar-refractivity contribution >= 4 is 17.7 Å². The highest BCUT2D eigenvalue weighted by Gasteiger charge is 2.30. The molecule has 5 rings (SSSR count). The van der Waals surface area contributed by atoms with Crippen LogP contribution in [-0.2, 0) is 6.54 Å². The molecule has 0 fully saturated rings. The number of benzene rings is 2. The number of nitrogens with zero attached hydrogens (tertiary/aromatic N) is 5. The summed E-state index contributed by atoms with van der Waals surface area (Å²) in [7, 11) is 1.53. The minimum atomic E-state index is -1.03. The fraction of sp³-hybridized carbons (Fsp3) is 0.192. The number of hydrogen-bond acceptors (Lipinski definition) is 6. The summed E-state index contributed by atoms with van der Waals surface area (Å²) in [6.07, 6.45) is 1.67. The molecule has 1 amide bonds. The van der Waals surface area contributed by atoms with E-state index >= 15 is 0 Å². The molecule has 0 aliphatic carbocycles. The van der Waals surface area contributed by atoms with Gasteiger partial charge in [0, 0.05) is 17.2 Å². The first-order valence-corrected chi connectivity index (χ1v) is 11.1. The lowest BCUT2D eigenvalue weighted by molar-refractivity contribution is 0.0696. The third-order valence-corrected chi connectivity index (χ3v) is 6.04. The summed E-state index contributed by atoms with van der Waals surface area (Å²) in [6, 6.07) is 15.8. The summed E-state index contributed by atoms with van der Waals surface area (Å²) in [6.45, 7) is 4.46. The van der Waals surface area contributed by atoms with Crippen LogP contribution in [0.25, 0.3) is 22.6 Å². The number of carbonyl (C=O) groups excluding carboxylic acids is 1. The number of methoxy groups -OCH3 is 1. The number of hydrogen-bond donors (Lipinski definition) is 1. The Morgan fingerprint density at radius 3 is 2.66 bits per heavy atom. The van der Waals surface area contributed by atoms with Crippen LogP contribution in [-0.4, -0.2) is 43.8 Å². The highest BCUT2D eigenvalue weighted by atomic mass is 16.5. The quantitative estimate of drug-likeness (QED) is 0.444. The Hall–Kier alpha value is -4.53. The van der Waals surface area contributed by atoms with Crippen LogP contribution in [0.4, 0.5) is 5.82 Å². The molecule has 0 saturated heterocycles. The van der Waals surface area contributed by atoms with Gasteiger partial charge >= 0.3 is 5.97 Å². The number of aromatic nitrogens is 4. The van der Waals surface area contributed by atoms with Crippen molar-refractivity contribution in [2.75, 3.05) is 12.0 Å². The lowest BCUT2D eigenvalue weighted by Crippen LogP contribution is -2.24. The molecular weight excluding hydrogens is 446 g/mol. The van der Waals surface area contributed by atoms with E-state index < -0.39 is 5.97 Å².